The normalized spacial score (nSPS) is 13.2. The number of carbonyl (C=O) groups excluding carboxylic acids is 1. The Labute approximate surface area is 106 Å². The first-order valence-electron chi connectivity index (χ1n) is 6.07. The van der Waals surface area contributed by atoms with Crippen molar-refractivity contribution in [3.8, 4) is 0 Å². The van der Waals surface area contributed by atoms with E-state index in [4.69, 9.17) is 0 Å². The smallest absolute Gasteiger partial charge is 0.140 e. The molecule has 1 heterocycles. The van der Waals surface area contributed by atoms with Crippen LogP contribution < -0.4 is 0 Å². The van der Waals surface area contributed by atoms with Gasteiger partial charge in [-0.1, -0.05) is 39.0 Å². The number of hydrogen-bond donors (Lipinski definition) is 0. The number of thiophene rings is 1. The van der Waals surface area contributed by atoms with Gasteiger partial charge in [0.1, 0.15) is 5.78 Å². The largest absolute Gasteiger partial charge is 0.299 e. The van der Waals surface area contributed by atoms with E-state index in [1.54, 1.807) is 11.3 Å². The van der Waals surface area contributed by atoms with Crippen molar-refractivity contribution in [2.24, 2.45) is 11.8 Å². The number of benzene rings is 1. The molecular weight excluding hydrogens is 228 g/mol. The van der Waals surface area contributed by atoms with E-state index in [1.807, 2.05) is 19.1 Å². The fourth-order valence-corrected chi connectivity index (χ4v) is 2.85. The summed E-state index contributed by atoms with van der Waals surface area (Å²) in [6, 6.07) is 8.30. The molecule has 2 aromatic rings. The molecule has 0 N–H and O–H groups in total. The molecule has 0 bridgehead atoms. The minimum Gasteiger partial charge on any atom is -0.299 e. The van der Waals surface area contributed by atoms with Gasteiger partial charge in [0.2, 0.25) is 0 Å². The highest BCUT2D eigenvalue weighted by atomic mass is 32.1. The maximum absolute atomic E-state index is 12.1. The van der Waals surface area contributed by atoms with Crippen LogP contribution in [0.15, 0.2) is 29.6 Å². The van der Waals surface area contributed by atoms with Gasteiger partial charge in [0, 0.05) is 17.0 Å². The van der Waals surface area contributed by atoms with E-state index in [-0.39, 0.29) is 5.92 Å². The zero-order chi connectivity index (χ0) is 12.4. The fraction of sp³-hybridized carbons (Fsp3) is 0.400. The van der Waals surface area contributed by atoms with Crippen LogP contribution >= 0.6 is 11.3 Å². The molecule has 2 rings (SSSR count). The first-order chi connectivity index (χ1) is 8.09. The summed E-state index contributed by atoms with van der Waals surface area (Å²) in [5, 5.41) is 3.36. The Kier molecular flexibility index (Phi) is 3.63. The van der Waals surface area contributed by atoms with E-state index in [1.165, 1.54) is 15.6 Å². The first-order valence-corrected chi connectivity index (χ1v) is 6.95. The van der Waals surface area contributed by atoms with Crippen LogP contribution in [0.2, 0.25) is 0 Å². The van der Waals surface area contributed by atoms with Crippen molar-refractivity contribution in [3.63, 3.8) is 0 Å². The molecular formula is C15H18OS. The monoisotopic (exact) mass is 246 g/mol. The average Bonchev–Trinajstić information content (AvgIpc) is 2.71. The van der Waals surface area contributed by atoms with E-state index in [2.05, 4.69) is 31.4 Å². The van der Waals surface area contributed by atoms with Gasteiger partial charge in [0.05, 0.1) is 0 Å². The number of ketones is 1. The Bertz CT molecular complexity index is 524. The third-order valence-electron chi connectivity index (χ3n) is 3.43. The van der Waals surface area contributed by atoms with Gasteiger partial charge in [0.15, 0.2) is 0 Å². The Morgan fingerprint density at radius 3 is 2.65 bits per heavy atom. The molecule has 1 atom stereocenters. The van der Waals surface area contributed by atoms with Gasteiger partial charge in [0.25, 0.3) is 0 Å². The maximum Gasteiger partial charge on any atom is 0.140 e. The van der Waals surface area contributed by atoms with Crippen LogP contribution in [0.25, 0.3) is 10.1 Å². The van der Waals surface area contributed by atoms with Gasteiger partial charge in [-0.2, -0.15) is 0 Å². The van der Waals surface area contributed by atoms with Crippen molar-refractivity contribution >= 4 is 27.2 Å². The summed E-state index contributed by atoms with van der Waals surface area (Å²) in [5.41, 5.74) is 1.18. The van der Waals surface area contributed by atoms with Crippen LogP contribution in [-0.2, 0) is 11.2 Å². The third kappa shape index (κ3) is 2.58. The van der Waals surface area contributed by atoms with Gasteiger partial charge in [-0.05, 0) is 28.3 Å². The van der Waals surface area contributed by atoms with Crippen LogP contribution in [0, 0.1) is 11.8 Å². The number of Topliss-reactive ketones (excluding diaryl/α,β-unsaturated/α-hetero) is 1. The highest BCUT2D eigenvalue weighted by Gasteiger charge is 2.18. The topological polar surface area (TPSA) is 17.1 Å². The highest BCUT2D eigenvalue weighted by molar-refractivity contribution is 7.17. The summed E-state index contributed by atoms with van der Waals surface area (Å²) >= 11 is 1.72. The SMILES string of the molecule is CC(C)C(C)C(=O)Cc1csc2ccccc12. The summed E-state index contributed by atoms with van der Waals surface area (Å²) in [7, 11) is 0. The van der Waals surface area contributed by atoms with Crippen molar-refractivity contribution in [2.75, 3.05) is 0 Å². The van der Waals surface area contributed by atoms with Crippen LogP contribution in [0.5, 0.6) is 0 Å². The number of fused-ring (bicyclic) bond motifs is 1. The standard InChI is InChI=1S/C15H18OS/c1-10(2)11(3)14(16)8-12-9-17-15-7-5-4-6-13(12)15/h4-7,9-11H,8H2,1-3H3. The minimum absolute atomic E-state index is 0.147. The third-order valence-corrected chi connectivity index (χ3v) is 4.45. The molecule has 1 aromatic carbocycles. The predicted octanol–water partition coefficient (Wildman–Crippen LogP) is 4.31. The van der Waals surface area contributed by atoms with Crippen molar-refractivity contribution in [1.82, 2.24) is 0 Å². The zero-order valence-electron chi connectivity index (χ0n) is 10.6. The summed E-state index contributed by atoms with van der Waals surface area (Å²) < 4.78 is 1.27. The second-order valence-corrected chi connectivity index (χ2v) is 5.84. The van der Waals surface area contributed by atoms with Gasteiger partial charge in [-0.25, -0.2) is 0 Å². The molecule has 0 saturated heterocycles. The van der Waals surface area contributed by atoms with Gasteiger partial charge >= 0.3 is 0 Å². The second kappa shape index (κ2) is 5.01. The summed E-state index contributed by atoms with van der Waals surface area (Å²) in [6.45, 7) is 6.24. The van der Waals surface area contributed by atoms with Gasteiger partial charge < -0.3 is 0 Å². The molecule has 0 amide bonds. The molecule has 0 radical (unpaired) electrons. The molecule has 90 valence electrons. The van der Waals surface area contributed by atoms with E-state index in [0.717, 1.165) is 0 Å². The molecule has 0 aliphatic carbocycles. The van der Waals surface area contributed by atoms with Crippen LogP contribution in [0.4, 0.5) is 0 Å². The van der Waals surface area contributed by atoms with Crippen LogP contribution in [-0.4, -0.2) is 5.78 Å². The Hall–Kier alpha value is -1.15. The molecule has 1 unspecified atom stereocenters. The Morgan fingerprint density at radius 2 is 1.94 bits per heavy atom. The summed E-state index contributed by atoms with van der Waals surface area (Å²) in [5.74, 6) is 0.921. The molecule has 0 fully saturated rings. The van der Waals surface area contributed by atoms with E-state index in [9.17, 15) is 4.79 Å². The maximum atomic E-state index is 12.1. The molecule has 1 nitrogen and oxygen atoms in total. The lowest BCUT2D eigenvalue weighted by Crippen LogP contribution is -2.18. The van der Waals surface area contributed by atoms with E-state index >= 15 is 0 Å². The van der Waals surface area contributed by atoms with E-state index in [0.29, 0.717) is 18.1 Å². The molecule has 2 heteroatoms. The molecule has 0 saturated carbocycles. The van der Waals surface area contributed by atoms with Crippen molar-refractivity contribution < 1.29 is 4.79 Å². The number of hydrogen-bond acceptors (Lipinski definition) is 2. The van der Waals surface area contributed by atoms with Gasteiger partial charge in [-0.3, -0.25) is 4.79 Å². The average molecular weight is 246 g/mol. The fourth-order valence-electron chi connectivity index (χ4n) is 1.89. The van der Waals surface area contributed by atoms with Crippen LogP contribution in [0.3, 0.4) is 0 Å². The lowest BCUT2D eigenvalue weighted by molar-refractivity contribution is -0.122. The quantitative estimate of drug-likeness (QED) is 0.786. The van der Waals surface area contributed by atoms with Crippen LogP contribution in [0.1, 0.15) is 26.3 Å². The first kappa shape index (κ1) is 12.3. The van der Waals surface area contributed by atoms with E-state index < -0.39 is 0 Å². The highest BCUT2D eigenvalue weighted by Crippen LogP contribution is 2.27. The lowest BCUT2D eigenvalue weighted by atomic mass is 9.90. The molecule has 0 aliphatic rings. The summed E-state index contributed by atoms with van der Waals surface area (Å²) in [6.07, 6.45) is 0.573. The number of carbonyl (C=O) groups is 1. The molecule has 0 spiro atoms. The zero-order valence-corrected chi connectivity index (χ0v) is 11.4. The van der Waals surface area contributed by atoms with Crippen molar-refractivity contribution in [1.29, 1.82) is 0 Å². The molecule has 17 heavy (non-hydrogen) atoms. The van der Waals surface area contributed by atoms with Crippen molar-refractivity contribution in [3.05, 3.63) is 35.2 Å². The molecule has 1 aromatic heterocycles. The predicted molar refractivity (Wildman–Crippen MR) is 74.5 cm³/mol. The Balaban J connectivity index is 2.22. The summed E-state index contributed by atoms with van der Waals surface area (Å²) in [4.78, 5) is 12.1. The lowest BCUT2D eigenvalue weighted by Gasteiger charge is -2.13. The van der Waals surface area contributed by atoms with Gasteiger partial charge in [-0.15, -0.1) is 11.3 Å². The molecule has 0 aliphatic heterocycles. The Morgan fingerprint density at radius 1 is 1.24 bits per heavy atom. The minimum atomic E-state index is 0.147. The number of rotatable bonds is 4. The second-order valence-electron chi connectivity index (χ2n) is 4.93. The van der Waals surface area contributed by atoms with Crippen molar-refractivity contribution in [2.45, 2.75) is 27.2 Å².